The fourth-order valence-electron chi connectivity index (χ4n) is 4.28. The number of carbonyl (C=O) groups is 1. The Morgan fingerprint density at radius 1 is 1.36 bits per heavy atom. The summed E-state index contributed by atoms with van der Waals surface area (Å²) in [6, 6.07) is 2.12. The van der Waals surface area contributed by atoms with Gasteiger partial charge >= 0.3 is 0 Å². The van der Waals surface area contributed by atoms with Crippen molar-refractivity contribution in [3.8, 4) is 0 Å². The highest BCUT2D eigenvalue weighted by atomic mass is 16.3. The summed E-state index contributed by atoms with van der Waals surface area (Å²) >= 11 is 0. The second kappa shape index (κ2) is 5.71. The molecule has 2 atom stereocenters. The van der Waals surface area contributed by atoms with Gasteiger partial charge < -0.3 is 14.3 Å². The van der Waals surface area contributed by atoms with Gasteiger partial charge in [0.05, 0.1) is 12.0 Å². The predicted molar refractivity (Wildman–Crippen MR) is 93.0 cm³/mol. The molecule has 1 N–H and O–H groups in total. The third-order valence-electron chi connectivity index (χ3n) is 5.56. The molecule has 0 saturated carbocycles. The van der Waals surface area contributed by atoms with Crippen LogP contribution in [-0.2, 0) is 24.2 Å². The van der Waals surface area contributed by atoms with E-state index in [9.17, 15) is 4.79 Å². The smallest absolute Gasteiger partial charge is 0.225 e. The third-order valence-corrected chi connectivity index (χ3v) is 5.56. The summed E-state index contributed by atoms with van der Waals surface area (Å²) in [5.74, 6) is 3.94. The quantitative estimate of drug-likeness (QED) is 0.911. The molecule has 0 saturated heterocycles. The molecule has 6 nitrogen and oxygen atoms in total. The monoisotopic (exact) mass is 342 g/mol. The van der Waals surface area contributed by atoms with Gasteiger partial charge in [0, 0.05) is 24.9 Å². The Hall–Kier alpha value is -2.11. The lowest BCUT2D eigenvalue weighted by Crippen LogP contribution is -2.41. The molecule has 2 aromatic rings. The maximum absolute atomic E-state index is 12.9. The van der Waals surface area contributed by atoms with Crippen molar-refractivity contribution in [3.05, 3.63) is 34.8 Å². The SMILES string of the molecule is Cc1cc2c(o1)CC(C)(C)C[C@@H]2NC(=O)[C@H]1CCc2nnc(C)n2C1. The highest BCUT2D eigenvalue weighted by Gasteiger charge is 2.37. The number of aromatic nitrogens is 3. The van der Waals surface area contributed by atoms with Gasteiger partial charge in [-0.25, -0.2) is 0 Å². The van der Waals surface area contributed by atoms with Crippen molar-refractivity contribution in [1.82, 2.24) is 20.1 Å². The average Bonchev–Trinajstić information content (AvgIpc) is 3.08. The van der Waals surface area contributed by atoms with E-state index >= 15 is 0 Å². The summed E-state index contributed by atoms with van der Waals surface area (Å²) in [7, 11) is 0. The first-order valence-electron chi connectivity index (χ1n) is 9.11. The van der Waals surface area contributed by atoms with E-state index in [0.717, 1.165) is 54.4 Å². The number of nitrogens with one attached hydrogen (secondary N) is 1. The Morgan fingerprint density at radius 3 is 2.96 bits per heavy atom. The minimum absolute atomic E-state index is 0.0244. The lowest BCUT2D eigenvalue weighted by Gasteiger charge is -2.35. The van der Waals surface area contributed by atoms with Gasteiger partial charge in [0.2, 0.25) is 5.91 Å². The molecular formula is C19H26N4O2. The fourth-order valence-corrected chi connectivity index (χ4v) is 4.28. The molecule has 134 valence electrons. The third kappa shape index (κ3) is 2.98. The summed E-state index contributed by atoms with van der Waals surface area (Å²) < 4.78 is 7.95. The summed E-state index contributed by atoms with van der Waals surface area (Å²) in [6.07, 6.45) is 3.51. The highest BCUT2D eigenvalue weighted by molar-refractivity contribution is 5.79. The predicted octanol–water partition coefficient (Wildman–Crippen LogP) is 2.88. The molecule has 3 heterocycles. The molecule has 2 aromatic heterocycles. The fraction of sp³-hybridized carbons (Fsp3) is 0.632. The number of carbonyl (C=O) groups excluding carboxylic acids is 1. The van der Waals surface area contributed by atoms with Crippen LogP contribution in [-0.4, -0.2) is 20.7 Å². The van der Waals surface area contributed by atoms with Crippen molar-refractivity contribution in [2.75, 3.05) is 0 Å². The number of fused-ring (bicyclic) bond motifs is 2. The number of rotatable bonds is 2. The van der Waals surface area contributed by atoms with Crippen LogP contribution in [0.15, 0.2) is 10.5 Å². The molecule has 0 fully saturated rings. The Morgan fingerprint density at radius 2 is 2.16 bits per heavy atom. The molecular weight excluding hydrogens is 316 g/mol. The number of hydrogen-bond acceptors (Lipinski definition) is 4. The first-order valence-corrected chi connectivity index (χ1v) is 9.11. The van der Waals surface area contributed by atoms with Gasteiger partial charge in [0.25, 0.3) is 0 Å². The molecule has 4 rings (SSSR count). The average molecular weight is 342 g/mol. The van der Waals surface area contributed by atoms with Gasteiger partial charge in [-0.05, 0) is 38.2 Å². The van der Waals surface area contributed by atoms with E-state index < -0.39 is 0 Å². The van der Waals surface area contributed by atoms with Crippen molar-refractivity contribution in [2.24, 2.45) is 11.3 Å². The van der Waals surface area contributed by atoms with Gasteiger partial charge in [-0.3, -0.25) is 4.79 Å². The Balaban J connectivity index is 1.52. The number of furan rings is 1. The largest absolute Gasteiger partial charge is 0.466 e. The highest BCUT2D eigenvalue weighted by Crippen LogP contribution is 2.42. The van der Waals surface area contributed by atoms with Crippen LogP contribution in [0.1, 0.15) is 61.5 Å². The first-order chi connectivity index (χ1) is 11.8. The second-order valence-corrected chi connectivity index (χ2v) is 8.35. The Labute approximate surface area is 148 Å². The second-order valence-electron chi connectivity index (χ2n) is 8.35. The minimum atomic E-state index is -0.0244. The van der Waals surface area contributed by atoms with E-state index in [1.165, 1.54) is 0 Å². The standard InChI is InChI=1S/C19H26N4O2/c1-11-7-14-15(8-19(3,4)9-16(14)25-11)20-18(24)13-5-6-17-22-21-12(2)23(17)10-13/h7,13,15H,5-6,8-10H2,1-4H3,(H,20,24)/t13-,15-/m0/s1. The lowest BCUT2D eigenvalue weighted by atomic mass is 9.74. The molecule has 25 heavy (non-hydrogen) atoms. The van der Waals surface area contributed by atoms with Gasteiger partial charge in [-0.1, -0.05) is 13.8 Å². The van der Waals surface area contributed by atoms with Gasteiger partial charge in [-0.15, -0.1) is 10.2 Å². The van der Waals surface area contributed by atoms with E-state index in [1.807, 2.05) is 13.8 Å². The maximum atomic E-state index is 12.9. The van der Waals surface area contributed by atoms with Gasteiger partial charge in [0.1, 0.15) is 23.2 Å². The molecule has 1 amide bonds. The minimum Gasteiger partial charge on any atom is -0.466 e. The van der Waals surface area contributed by atoms with E-state index in [1.54, 1.807) is 0 Å². The normalized spacial score (nSPS) is 24.5. The van der Waals surface area contributed by atoms with Crippen LogP contribution >= 0.6 is 0 Å². The molecule has 0 aromatic carbocycles. The van der Waals surface area contributed by atoms with Crippen molar-refractivity contribution < 1.29 is 9.21 Å². The number of nitrogens with zero attached hydrogens (tertiary/aromatic N) is 3. The molecule has 0 unspecified atom stereocenters. The van der Waals surface area contributed by atoms with E-state index in [-0.39, 0.29) is 23.3 Å². The molecule has 1 aliphatic heterocycles. The van der Waals surface area contributed by atoms with E-state index in [0.29, 0.717) is 6.54 Å². The summed E-state index contributed by atoms with van der Waals surface area (Å²) in [5.41, 5.74) is 1.28. The van der Waals surface area contributed by atoms with Crippen molar-refractivity contribution >= 4 is 5.91 Å². The summed E-state index contributed by atoms with van der Waals surface area (Å²) in [6.45, 7) is 9.07. The topological polar surface area (TPSA) is 73.0 Å². The van der Waals surface area contributed by atoms with E-state index in [4.69, 9.17) is 4.42 Å². The maximum Gasteiger partial charge on any atom is 0.225 e. The van der Waals surface area contributed by atoms with Gasteiger partial charge in [-0.2, -0.15) is 0 Å². The molecule has 0 radical (unpaired) electrons. The summed E-state index contributed by atoms with van der Waals surface area (Å²) in [5, 5.41) is 11.6. The first kappa shape index (κ1) is 16.4. The zero-order chi connectivity index (χ0) is 17.8. The molecule has 1 aliphatic carbocycles. The van der Waals surface area contributed by atoms with Crippen LogP contribution < -0.4 is 5.32 Å². The van der Waals surface area contributed by atoms with Crippen LogP contribution in [0, 0.1) is 25.2 Å². The van der Waals surface area contributed by atoms with Crippen LogP contribution in [0.2, 0.25) is 0 Å². The molecule has 0 spiro atoms. The Kier molecular flexibility index (Phi) is 3.74. The molecule has 6 heteroatoms. The van der Waals surface area contributed by atoms with Crippen LogP contribution in [0.25, 0.3) is 0 Å². The molecule has 2 aliphatic rings. The summed E-state index contributed by atoms with van der Waals surface area (Å²) in [4.78, 5) is 12.9. The van der Waals surface area contributed by atoms with Crippen LogP contribution in [0.5, 0.6) is 0 Å². The van der Waals surface area contributed by atoms with Crippen LogP contribution in [0.4, 0.5) is 0 Å². The van der Waals surface area contributed by atoms with Crippen molar-refractivity contribution in [3.63, 3.8) is 0 Å². The number of amides is 1. The zero-order valence-electron chi connectivity index (χ0n) is 15.4. The zero-order valence-corrected chi connectivity index (χ0v) is 15.4. The van der Waals surface area contributed by atoms with E-state index in [2.05, 4.69) is 40.0 Å². The van der Waals surface area contributed by atoms with Crippen LogP contribution in [0.3, 0.4) is 0 Å². The molecule has 0 bridgehead atoms. The van der Waals surface area contributed by atoms with Gasteiger partial charge in [0.15, 0.2) is 0 Å². The Bertz CT molecular complexity index is 818. The lowest BCUT2D eigenvalue weighted by molar-refractivity contribution is -0.127. The van der Waals surface area contributed by atoms with Crippen molar-refractivity contribution in [2.45, 2.75) is 66.0 Å². The van der Waals surface area contributed by atoms with Crippen molar-refractivity contribution in [1.29, 1.82) is 0 Å². The number of aryl methyl sites for hydroxylation is 3. The number of hydrogen-bond donors (Lipinski definition) is 1.